The van der Waals surface area contributed by atoms with E-state index in [1.807, 2.05) is 13.0 Å². The Labute approximate surface area is 294 Å². The number of benzene rings is 5. The Bertz CT molecular complexity index is 2490. The zero-order valence-corrected chi connectivity index (χ0v) is 28.4. The lowest BCUT2D eigenvalue weighted by molar-refractivity contribution is 1.08. The molecule has 0 radical (unpaired) electrons. The summed E-state index contributed by atoms with van der Waals surface area (Å²) < 4.78 is 0. The monoisotopic (exact) mass is 644 g/mol. The summed E-state index contributed by atoms with van der Waals surface area (Å²) in [5.41, 5.74) is 6.81. The van der Waals surface area contributed by atoms with Crippen molar-refractivity contribution in [2.75, 3.05) is 0 Å². The van der Waals surface area contributed by atoms with Gasteiger partial charge in [-0.3, -0.25) is 9.98 Å². The molecule has 0 amide bonds. The van der Waals surface area contributed by atoms with Crippen molar-refractivity contribution in [1.29, 1.82) is 0 Å². The second-order valence-corrected chi connectivity index (χ2v) is 11.8. The zero-order valence-electron chi connectivity index (χ0n) is 28.4. The molecule has 5 aromatic rings. The van der Waals surface area contributed by atoms with E-state index in [1.54, 1.807) is 6.08 Å². The summed E-state index contributed by atoms with van der Waals surface area (Å²) in [4.78, 5) is 9.82. The van der Waals surface area contributed by atoms with Gasteiger partial charge in [0, 0.05) is 5.56 Å². The minimum Gasteiger partial charge on any atom is -0.280 e. The molecule has 1 aliphatic rings. The van der Waals surface area contributed by atoms with Crippen molar-refractivity contribution in [1.82, 2.24) is 0 Å². The quantitative estimate of drug-likeness (QED) is 0.113. The minimum atomic E-state index is 0.508. The van der Waals surface area contributed by atoms with E-state index < -0.39 is 0 Å². The molecule has 0 spiro atoms. The lowest BCUT2D eigenvalue weighted by Crippen LogP contribution is -2.09. The Kier molecular flexibility index (Phi) is 11.2. The summed E-state index contributed by atoms with van der Waals surface area (Å²) in [7, 11) is 0. The van der Waals surface area contributed by atoms with Gasteiger partial charge in [-0.15, -0.1) is 0 Å². The van der Waals surface area contributed by atoms with Gasteiger partial charge in [0.05, 0.1) is 18.0 Å². The first kappa shape index (κ1) is 33.5. The van der Waals surface area contributed by atoms with Crippen LogP contribution in [0, 0.1) is 10.4 Å². The Morgan fingerprint density at radius 2 is 1.36 bits per heavy atom. The molecule has 50 heavy (non-hydrogen) atoms. The summed E-state index contributed by atoms with van der Waals surface area (Å²) in [6.45, 7) is 10.4. The van der Waals surface area contributed by atoms with E-state index in [0.717, 1.165) is 49.7 Å². The Morgan fingerprint density at radius 1 is 0.700 bits per heavy atom. The van der Waals surface area contributed by atoms with E-state index in [0.29, 0.717) is 6.54 Å². The normalized spacial score (nSPS) is 13.7. The fourth-order valence-electron chi connectivity index (χ4n) is 6.14. The maximum Gasteiger partial charge on any atom is 0.0716 e. The maximum atomic E-state index is 5.29. The third-order valence-corrected chi connectivity index (χ3v) is 8.68. The van der Waals surface area contributed by atoms with Gasteiger partial charge in [0.25, 0.3) is 0 Å². The minimum absolute atomic E-state index is 0.508. The van der Waals surface area contributed by atoms with E-state index in [2.05, 4.69) is 194 Å². The molecule has 0 saturated heterocycles. The largest absolute Gasteiger partial charge is 0.280 e. The third kappa shape index (κ3) is 8.01. The van der Waals surface area contributed by atoms with E-state index in [4.69, 9.17) is 4.99 Å². The summed E-state index contributed by atoms with van der Waals surface area (Å²) in [5, 5.41) is 7.10. The van der Waals surface area contributed by atoms with Crippen molar-refractivity contribution in [2.45, 2.75) is 13.5 Å². The summed E-state index contributed by atoms with van der Waals surface area (Å²) in [6, 6.07) is 40.3. The van der Waals surface area contributed by atoms with Crippen molar-refractivity contribution in [3.8, 4) is 0 Å². The highest BCUT2D eigenvalue weighted by atomic mass is 14.8. The van der Waals surface area contributed by atoms with Crippen LogP contribution >= 0.6 is 0 Å². The second kappa shape index (κ2) is 16.6. The van der Waals surface area contributed by atoms with E-state index in [9.17, 15) is 0 Å². The Balaban J connectivity index is 1.52. The lowest BCUT2D eigenvalue weighted by Gasteiger charge is -2.10. The maximum absolute atomic E-state index is 5.29. The first-order valence-corrected chi connectivity index (χ1v) is 16.9. The van der Waals surface area contributed by atoms with Gasteiger partial charge in [-0.25, -0.2) is 0 Å². The molecule has 0 heterocycles. The van der Waals surface area contributed by atoms with Crippen molar-refractivity contribution < 1.29 is 0 Å². The van der Waals surface area contributed by atoms with Crippen LogP contribution in [-0.2, 0) is 6.54 Å². The highest BCUT2D eigenvalue weighted by Crippen LogP contribution is 2.25. The predicted molar refractivity (Wildman–Crippen MR) is 217 cm³/mol. The third-order valence-electron chi connectivity index (χ3n) is 8.68. The van der Waals surface area contributed by atoms with Crippen LogP contribution in [0.5, 0.6) is 0 Å². The molecule has 0 bridgehead atoms. The van der Waals surface area contributed by atoms with Crippen LogP contribution in [0.1, 0.15) is 23.6 Å². The zero-order chi connectivity index (χ0) is 34.5. The Morgan fingerprint density at radius 3 is 2.12 bits per heavy atom. The van der Waals surface area contributed by atoms with Gasteiger partial charge in [-0.2, -0.15) is 0 Å². The molecule has 0 unspecified atom stereocenters. The number of fused-ring (bicyclic) bond motifs is 3. The average molecular weight is 645 g/mol. The number of hydrogen-bond donors (Lipinski definition) is 0. The van der Waals surface area contributed by atoms with E-state index in [1.165, 1.54) is 21.2 Å². The summed E-state index contributed by atoms with van der Waals surface area (Å²) >= 11 is 0. The number of allylic oxidation sites excluding steroid dienone is 12. The molecule has 5 aromatic carbocycles. The topological polar surface area (TPSA) is 24.7 Å². The van der Waals surface area contributed by atoms with Gasteiger partial charge in [0.1, 0.15) is 0 Å². The number of rotatable bonds is 9. The van der Waals surface area contributed by atoms with Gasteiger partial charge < -0.3 is 0 Å². The van der Waals surface area contributed by atoms with Crippen LogP contribution < -0.4 is 10.4 Å². The van der Waals surface area contributed by atoms with Gasteiger partial charge in [0.15, 0.2) is 0 Å². The Hall–Kier alpha value is -6.38. The SMILES string of the molecule is C=C/C=C\C(=C/C)c1cccc(/C(=C/C(=NCc2cccc3ccccc23)C2=CC=CC=c3ccccc3=c3ccccc3=CC=C2)N=C)c1. The molecular formula is C48H40N2. The van der Waals surface area contributed by atoms with Crippen LogP contribution in [0.3, 0.4) is 0 Å². The second-order valence-electron chi connectivity index (χ2n) is 11.8. The lowest BCUT2D eigenvalue weighted by atomic mass is 9.99. The highest BCUT2D eigenvalue weighted by Gasteiger charge is 2.09. The van der Waals surface area contributed by atoms with Gasteiger partial charge in [-0.1, -0.05) is 183 Å². The van der Waals surface area contributed by atoms with Gasteiger partial charge in [0.2, 0.25) is 0 Å². The molecule has 1 aliphatic carbocycles. The summed E-state index contributed by atoms with van der Waals surface area (Å²) in [5.74, 6) is 0. The van der Waals surface area contributed by atoms with Crippen molar-refractivity contribution >= 4 is 46.6 Å². The van der Waals surface area contributed by atoms with Gasteiger partial charge in [-0.05, 0) is 79.7 Å². The molecule has 2 nitrogen and oxygen atoms in total. The van der Waals surface area contributed by atoms with Crippen LogP contribution in [0.4, 0.5) is 0 Å². The molecule has 0 fully saturated rings. The molecule has 242 valence electrons. The van der Waals surface area contributed by atoms with Crippen LogP contribution in [0.25, 0.3) is 34.2 Å². The van der Waals surface area contributed by atoms with Crippen molar-refractivity contribution in [3.63, 3.8) is 0 Å². The van der Waals surface area contributed by atoms with Crippen LogP contribution in [0.2, 0.25) is 0 Å². The fourth-order valence-corrected chi connectivity index (χ4v) is 6.14. The van der Waals surface area contributed by atoms with Crippen LogP contribution in [-0.4, -0.2) is 12.4 Å². The molecule has 6 rings (SSSR count). The number of nitrogens with zero attached hydrogens (tertiary/aromatic N) is 2. The average Bonchev–Trinajstić information content (AvgIpc) is 3.16. The van der Waals surface area contributed by atoms with Crippen LogP contribution in [0.15, 0.2) is 198 Å². The fraction of sp³-hybridized carbons (Fsp3) is 0.0417. The molecular weight excluding hydrogens is 605 g/mol. The van der Waals surface area contributed by atoms with Crippen molar-refractivity contribution in [2.24, 2.45) is 9.98 Å². The number of hydrogen-bond acceptors (Lipinski definition) is 2. The molecule has 2 heteroatoms. The first-order valence-electron chi connectivity index (χ1n) is 16.9. The molecule has 0 atom stereocenters. The predicted octanol–water partition coefficient (Wildman–Crippen LogP) is 10.3. The van der Waals surface area contributed by atoms with Crippen molar-refractivity contribution in [3.05, 3.63) is 226 Å². The number of aliphatic imine (C=N–C) groups is 2. The van der Waals surface area contributed by atoms with Gasteiger partial charge >= 0.3 is 0 Å². The smallest absolute Gasteiger partial charge is 0.0716 e. The van der Waals surface area contributed by atoms with E-state index >= 15 is 0 Å². The first-order chi connectivity index (χ1) is 24.7. The molecule has 0 N–H and O–H groups in total. The highest BCUT2D eigenvalue weighted by molar-refractivity contribution is 6.14. The molecule has 0 aliphatic heterocycles. The molecule has 0 aromatic heterocycles. The molecule has 0 saturated carbocycles. The standard InChI is InChI=1S/C48H40N2/c1-4-6-18-36(5-2)41-27-17-28-42(33-41)47(49-3)34-48(50-35-43-29-16-24-37-19-9-12-30-44(37)43)40-23-8-7-20-38-21-10-13-31-45(38)46-32-14-11-22-39(46)25-15-26-40/h4-34H,1,3,35H2,2H3/b8-7?,18-6-,20-7?,23-8?,25-15?,26-15?,36-5+,38-20?,39-25?,40-23?,40-26?,46-45?,47-34-,50-48?. The summed E-state index contributed by atoms with van der Waals surface area (Å²) in [6.07, 6.45) is 24.8. The van der Waals surface area contributed by atoms with E-state index in [-0.39, 0.29) is 0 Å².